The fraction of sp³-hybridized carbons (Fsp3) is 0.643. The number of aromatic nitrogens is 1. The second-order valence-corrected chi connectivity index (χ2v) is 5.05. The Bertz CT molecular complexity index is 360. The molecule has 2 N–H and O–H groups in total. The minimum Gasteiger partial charge on any atom is -0.356 e. The molecule has 1 aliphatic carbocycles. The van der Waals surface area contributed by atoms with Gasteiger partial charge in [-0.15, -0.1) is 0 Å². The van der Waals surface area contributed by atoms with Gasteiger partial charge in [-0.25, -0.2) is 4.98 Å². The fourth-order valence-corrected chi connectivity index (χ4v) is 2.28. The van der Waals surface area contributed by atoms with Gasteiger partial charge in [-0.1, -0.05) is 13.0 Å². The molecule has 1 unspecified atom stereocenters. The molecule has 3 nitrogen and oxygen atoms in total. The smallest absolute Gasteiger partial charge is 0.131 e. The van der Waals surface area contributed by atoms with E-state index in [9.17, 15) is 0 Å². The van der Waals surface area contributed by atoms with Crippen LogP contribution in [0.5, 0.6) is 0 Å². The fourth-order valence-electron chi connectivity index (χ4n) is 2.28. The molecule has 3 heteroatoms. The Balaban J connectivity index is 2.14. The summed E-state index contributed by atoms with van der Waals surface area (Å²) in [6.07, 6.45) is 7.77. The summed E-state index contributed by atoms with van der Waals surface area (Å²) in [5.41, 5.74) is 7.34. The van der Waals surface area contributed by atoms with Gasteiger partial charge in [0.25, 0.3) is 0 Å². The number of anilines is 1. The summed E-state index contributed by atoms with van der Waals surface area (Å²) >= 11 is 0. The van der Waals surface area contributed by atoms with Gasteiger partial charge in [0.15, 0.2) is 0 Å². The molecule has 1 aliphatic rings. The number of hydrogen-bond acceptors (Lipinski definition) is 3. The van der Waals surface area contributed by atoms with Gasteiger partial charge in [-0.2, -0.15) is 0 Å². The van der Waals surface area contributed by atoms with Crippen molar-refractivity contribution in [2.45, 2.75) is 51.1 Å². The van der Waals surface area contributed by atoms with Gasteiger partial charge in [0, 0.05) is 25.3 Å². The van der Waals surface area contributed by atoms with Crippen LogP contribution >= 0.6 is 0 Å². The lowest BCUT2D eigenvalue weighted by Gasteiger charge is -2.36. The van der Waals surface area contributed by atoms with E-state index in [-0.39, 0.29) is 6.04 Å². The van der Waals surface area contributed by atoms with E-state index in [4.69, 9.17) is 5.73 Å². The van der Waals surface area contributed by atoms with Crippen LogP contribution in [0, 0.1) is 0 Å². The Morgan fingerprint density at radius 1 is 1.53 bits per heavy atom. The maximum Gasteiger partial charge on any atom is 0.131 e. The van der Waals surface area contributed by atoms with Crippen LogP contribution in [0.4, 0.5) is 5.82 Å². The molecule has 0 aliphatic heterocycles. The summed E-state index contributed by atoms with van der Waals surface area (Å²) in [5, 5.41) is 0. The minimum atomic E-state index is 0.243. The van der Waals surface area contributed by atoms with Gasteiger partial charge in [0.1, 0.15) is 5.82 Å². The van der Waals surface area contributed by atoms with E-state index in [0.29, 0.717) is 6.04 Å². The number of hydrogen-bond donors (Lipinski definition) is 1. The predicted octanol–water partition coefficient (Wildman–Crippen LogP) is 2.35. The van der Waals surface area contributed by atoms with Crippen LogP contribution in [-0.4, -0.2) is 24.1 Å². The van der Waals surface area contributed by atoms with Crippen molar-refractivity contribution in [3.8, 4) is 0 Å². The van der Waals surface area contributed by atoms with Crippen LogP contribution in [0.15, 0.2) is 18.3 Å². The van der Waals surface area contributed by atoms with Gasteiger partial charge in [0.05, 0.1) is 0 Å². The molecule has 0 amide bonds. The summed E-state index contributed by atoms with van der Waals surface area (Å²) < 4.78 is 0. The zero-order valence-electron chi connectivity index (χ0n) is 10.9. The topological polar surface area (TPSA) is 42.1 Å². The van der Waals surface area contributed by atoms with Gasteiger partial charge >= 0.3 is 0 Å². The molecular weight excluding hydrogens is 210 g/mol. The normalized spacial score (nSPS) is 17.6. The lowest BCUT2D eigenvalue weighted by molar-refractivity contribution is 0.398. The monoisotopic (exact) mass is 233 g/mol. The van der Waals surface area contributed by atoms with Crippen molar-refractivity contribution >= 4 is 5.82 Å². The molecule has 1 saturated carbocycles. The van der Waals surface area contributed by atoms with Crippen LogP contribution in [0.25, 0.3) is 0 Å². The van der Waals surface area contributed by atoms with Crippen LogP contribution in [0.1, 0.15) is 38.2 Å². The zero-order valence-corrected chi connectivity index (χ0v) is 10.9. The number of nitrogens with two attached hydrogens (primary N) is 1. The highest BCUT2D eigenvalue weighted by molar-refractivity contribution is 5.47. The second kappa shape index (κ2) is 5.50. The van der Waals surface area contributed by atoms with Crippen molar-refractivity contribution in [2.24, 2.45) is 5.73 Å². The van der Waals surface area contributed by atoms with E-state index in [1.807, 2.05) is 12.3 Å². The minimum absolute atomic E-state index is 0.243. The van der Waals surface area contributed by atoms with E-state index in [1.54, 1.807) is 0 Å². The molecule has 1 aromatic heterocycles. The molecule has 1 fully saturated rings. The Labute approximate surface area is 104 Å². The Morgan fingerprint density at radius 3 is 2.88 bits per heavy atom. The maximum atomic E-state index is 6.05. The average Bonchev–Trinajstić information content (AvgIpc) is 2.27. The van der Waals surface area contributed by atoms with Crippen LogP contribution in [0.2, 0.25) is 0 Å². The van der Waals surface area contributed by atoms with Crippen molar-refractivity contribution in [1.29, 1.82) is 0 Å². The first-order chi connectivity index (χ1) is 8.22. The lowest BCUT2D eigenvalue weighted by Crippen LogP contribution is -2.38. The second-order valence-electron chi connectivity index (χ2n) is 5.05. The third kappa shape index (κ3) is 2.78. The molecule has 1 aromatic rings. The first-order valence-electron chi connectivity index (χ1n) is 6.64. The summed E-state index contributed by atoms with van der Waals surface area (Å²) in [5.74, 6) is 1.13. The van der Waals surface area contributed by atoms with Crippen LogP contribution in [-0.2, 0) is 6.42 Å². The number of pyridine rings is 1. The maximum absolute atomic E-state index is 6.05. The molecule has 0 radical (unpaired) electrons. The molecule has 0 aromatic carbocycles. The van der Waals surface area contributed by atoms with Gasteiger partial charge in [0.2, 0.25) is 0 Å². The van der Waals surface area contributed by atoms with Gasteiger partial charge in [-0.3, -0.25) is 0 Å². The average molecular weight is 233 g/mol. The van der Waals surface area contributed by atoms with Crippen molar-refractivity contribution in [3.05, 3.63) is 23.9 Å². The van der Waals surface area contributed by atoms with Crippen molar-refractivity contribution in [2.75, 3.05) is 11.9 Å². The van der Waals surface area contributed by atoms with E-state index >= 15 is 0 Å². The van der Waals surface area contributed by atoms with Crippen LogP contribution in [0.3, 0.4) is 0 Å². The van der Waals surface area contributed by atoms with E-state index in [1.165, 1.54) is 24.8 Å². The Hall–Kier alpha value is -1.09. The van der Waals surface area contributed by atoms with E-state index in [2.05, 4.69) is 29.9 Å². The van der Waals surface area contributed by atoms with Crippen LogP contribution < -0.4 is 10.6 Å². The van der Waals surface area contributed by atoms with E-state index < -0.39 is 0 Å². The molecule has 0 bridgehead atoms. The molecule has 0 spiro atoms. The van der Waals surface area contributed by atoms with Crippen molar-refractivity contribution in [3.63, 3.8) is 0 Å². The molecular formula is C14H23N3. The number of rotatable bonds is 5. The third-order valence-corrected chi connectivity index (χ3v) is 3.83. The SMILES string of the molecule is CCC(N)Cc1cccnc1N(C)C1CCC1. The highest BCUT2D eigenvalue weighted by Gasteiger charge is 2.24. The molecule has 1 atom stereocenters. The highest BCUT2D eigenvalue weighted by atomic mass is 15.2. The summed E-state index contributed by atoms with van der Waals surface area (Å²) in [7, 11) is 2.16. The summed E-state index contributed by atoms with van der Waals surface area (Å²) in [6, 6.07) is 5.09. The van der Waals surface area contributed by atoms with E-state index in [0.717, 1.165) is 18.7 Å². The Morgan fingerprint density at radius 2 is 2.29 bits per heavy atom. The standard InChI is InChI=1S/C14H23N3/c1-3-12(15)10-11-6-5-9-16-14(11)17(2)13-7-4-8-13/h5-6,9,12-13H,3-4,7-8,10,15H2,1-2H3. The first kappa shape index (κ1) is 12.4. The quantitative estimate of drug-likeness (QED) is 0.849. The molecule has 2 rings (SSSR count). The summed E-state index contributed by atoms with van der Waals surface area (Å²) in [6.45, 7) is 2.14. The summed E-state index contributed by atoms with van der Waals surface area (Å²) in [4.78, 5) is 6.87. The third-order valence-electron chi connectivity index (χ3n) is 3.83. The molecule has 17 heavy (non-hydrogen) atoms. The molecule has 1 heterocycles. The lowest BCUT2D eigenvalue weighted by atomic mass is 9.91. The Kier molecular flexibility index (Phi) is 4.00. The number of nitrogens with zero attached hydrogens (tertiary/aromatic N) is 2. The van der Waals surface area contributed by atoms with Gasteiger partial charge in [-0.05, 0) is 43.7 Å². The first-order valence-corrected chi connectivity index (χ1v) is 6.64. The van der Waals surface area contributed by atoms with Crippen molar-refractivity contribution in [1.82, 2.24) is 4.98 Å². The zero-order chi connectivity index (χ0) is 12.3. The van der Waals surface area contributed by atoms with Crippen molar-refractivity contribution < 1.29 is 0 Å². The molecule has 94 valence electrons. The molecule has 0 saturated heterocycles. The largest absolute Gasteiger partial charge is 0.356 e. The van der Waals surface area contributed by atoms with Gasteiger partial charge < -0.3 is 10.6 Å². The highest BCUT2D eigenvalue weighted by Crippen LogP contribution is 2.29. The predicted molar refractivity (Wildman–Crippen MR) is 72.2 cm³/mol.